The van der Waals surface area contributed by atoms with Crippen LogP contribution in [0.2, 0.25) is 0 Å². The first kappa shape index (κ1) is 16.2. The van der Waals surface area contributed by atoms with Crippen molar-refractivity contribution in [2.45, 2.75) is 31.3 Å². The number of nitrogens with zero attached hydrogens (tertiary/aromatic N) is 2. The first-order valence-electron chi connectivity index (χ1n) is 6.32. The molecule has 1 fully saturated rings. The lowest BCUT2D eigenvalue weighted by Gasteiger charge is -2.15. The van der Waals surface area contributed by atoms with Crippen molar-refractivity contribution in [1.29, 1.82) is 5.26 Å². The highest BCUT2D eigenvalue weighted by Crippen LogP contribution is 2.29. The molecular formula is C12H14IN3O5. The topological polar surface area (TPSA) is 117 Å². The molecule has 3 atom stereocenters. The lowest BCUT2D eigenvalue weighted by atomic mass is 10.2. The second kappa shape index (κ2) is 7.17. The summed E-state index contributed by atoms with van der Waals surface area (Å²) < 4.78 is 12.7. The molecule has 21 heavy (non-hydrogen) atoms. The van der Waals surface area contributed by atoms with Gasteiger partial charge in [-0.3, -0.25) is 14.3 Å². The van der Waals surface area contributed by atoms with E-state index >= 15 is 0 Å². The Labute approximate surface area is 133 Å². The molecule has 114 valence electrons. The molecule has 1 aromatic rings. The van der Waals surface area contributed by atoms with Gasteiger partial charge in [-0.25, -0.2) is 4.79 Å². The number of aliphatic hydroxyl groups excluding tert-OH is 1. The van der Waals surface area contributed by atoms with Crippen LogP contribution in [0.15, 0.2) is 15.8 Å². The number of aromatic amines is 1. The van der Waals surface area contributed by atoms with E-state index in [1.165, 1.54) is 10.8 Å². The van der Waals surface area contributed by atoms with Gasteiger partial charge in [-0.15, -0.1) is 0 Å². The van der Waals surface area contributed by atoms with Crippen molar-refractivity contribution in [2.75, 3.05) is 13.2 Å². The smallest absolute Gasteiger partial charge is 0.330 e. The van der Waals surface area contributed by atoms with Crippen LogP contribution in [-0.2, 0) is 9.47 Å². The standard InChI is InChI=1S/C12H14IN3O5/c13-7-5-16(12(19)15-11(7)18)10-4-8(9(6-17)21-10)20-3-1-2-14/h5,8-10,17H,1,3-4,6H2,(H,15,18,19)/t8-,9+,10+/m0/s1. The van der Waals surface area contributed by atoms with Gasteiger partial charge in [-0.1, -0.05) is 0 Å². The summed E-state index contributed by atoms with van der Waals surface area (Å²) in [5, 5.41) is 17.8. The normalized spacial score (nSPS) is 24.9. The summed E-state index contributed by atoms with van der Waals surface area (Å²) in [6, 6.07) is 1.97. The van der Waals surface area contributed by atoms with Gasteiger partial charge in [0.1, 0.15) is 12.3 Å². The van der Waals surface area contributed by atoms with Crippen molar-refractivity contribution in [3.05, 3.63) is 30.6 Å². The van der Waals surface area contributed by atoms with E-state index in [0.717, 1.165) is 0 Å². The molecule has 9 heteroatoms. The summed E-state index contributed by atoms with van der Waals surface area (Å²) >= 11 is 1.82. The molecule has 1 aliphatic heterocycles. The zero-order chi connectivity index (χ0) is 15.4. The predicted octanol–water partition coefficient (Wildman–Crippen LogP) is -0.280. The van der Waals surface area contributed by atoms with Gasteiger partial charge in [0, 0.05) is 12.6 Å². The number of ether oxygens (including phenoxy) is 2. The molecule has 8 nitrogen and oxygen atoms in total. The number of hydrogen-bond acceptors (Lipinski definition) is 6. The molecular weight excluding hydrogens is 393 g/mol. The maximum absolute atomic E-state index is 11.8. The molecule has 0 spiro atoms. The van der Waals surface area contributed by atoms with Crippen molar-refractivity contribution in [3.63, 3.8) is 0 Å². The van der Waals surface area contributed by atoms with E-state index in [1.807, 2.05) is 28.7 Å². The average Bonchev–Trinajstić information content (AvgIpc) is 2.86. The third-order valence-corrected chi connectivity index (χ3v) is 3.91. The summed E-state index contributed by atoms with van der Waals surface area (Å²) in [5.41, 5.74) is -1.02. The van der Waals surface area contributed by atoms with Crippen LogP contribution in [0, 0.1) is 14.9 Å². The highest BCUT2D eigenvalue weighted by atomic mass is 127. The molecule has 2 rings (SSSR count). The van der Waals surface area contributed by atoms with Crippen molar-refractivity contribution >= 4 is 22.6 Å². The fourth-order valence-electron chi connectivity index (χ4n) is 2.14. The van der Waals surface area contributed by atoms with Gasteiger partial charge in [0.05, 0.1) is 35.4 Å². The van der Waals surface area contributed by atoms with Gasteiger partial charge in [-0.2, -0.15) is 5.26 Å². The monoisotopic (exact) mass is 407 g/mol. The second-order valence-electron chi connectivity index (χ2n) is 4.51. The number of nitriles is 1. The Morgan fingerprint density at radius 2 is 2.38 bits per heavy atom. The molecule has 2 N–H and O–H groups in total. The van der Waals surface area contributed by atoms with Crippen LogP contribution in [0.25, 0.3) is 0 Å². The summed E-state index contributed by atoms with van der Waals surface area (Å²) in [6.45, 7) is -0.00524. The summed E-state index contributed by atoms with van der Waals surface area (Å²) in [6.07, 6.45) is 0.439. The van der Waals surface area contributed by atoms with Gasteiger partial charge in [0.2, 0.25) is 0 Å². The fraction of sp³-hybridized carbons (Fsp3) is 0.583. The van der Waals surface area contributed by atoms with Gasteiger partial charge in [0.25, 0.3) is 5.56 Å². The Morgan fingerprint density at radius 1 is 1.62 bits per heavy atom. The van der Waals surface area contributed by atoms with Crippen LogP contribution in [0.1, 0.15) is 19.1 Å². The SMILES string of the molecule is N#CCCO[C@H]1C[C@H](n2cc(I)c(=O)[nH]c2=O)O[C@@H]1CO. The first-order chi connectivity index (χ1) is 10.1. The molecule has 2 heterocycles. The van der Waals surface area contributed by atoms with E-state index in [1.54, 1.807) is 0 Å². The Hall–Kier alpha value is -1.22. The van der Waals surface area contributed by atoms with E-state index in [2.05, 4.69) is 4.98 Å². The third-order valence-electron chi connectivity index (χ3n) is 3.14. The molecule has 0 unspecified atom stereocenters. The maximum atomic E-state index is 11.8. The van der Waals surface area contributed by atoms with Gasteiger partial charge in [0.15, 0.2) is 0 Å². The Bertz CT molecular complexity index is 650. The Balaban J connectivity index is 2.16. The van der Waals surface area contributed by atoms with E-state index < -0.39 is 29.7 Å². The molecule has 1 aliphatic rings. The number of rotatable bonds is 5. The molecule has 1 saturated heterocycles. The van der Waals surface area contributed by atoms with Crippen LogP contribution in [0.4, 0.5) is 0 Å². The second-order valence-corrected chi connectivity index (χ2v) is 5.67. The quantitative estimate of drug-likeness (QED) is 0.512. The molecule has 0 aromatic carbocycles. The van der Waals surface area contributed by atoms with Crippen LogP contribution in [-0.4, -0.2) is 40.1 Å². The van der Waals surface area contributed by atoms with Crippen molar-refractivity contribution in [1.82, 2.24) is 9.55 Å². The van der Waals surface area contributed by atoms with Crippen LogP contribution in [0.5, 0.6) is 0 Å². The average molecular weight is 407 g/mol. The summed E-state index contributed by atoms with van der Waals surface area (Å²) in [7, 11) is 0. The van der Waals surface area contributed by atoms with E-state index in [0.29, 0.717) is 9.99 Å². The molecule has 0 bridgehead atoms. The van der Waals surface area contributed by atoms with Crippen LogP contribution < -0.4 is 11.2 Å². The molecule has 0 amide bonds. The van der Waals surface area contributed by atoms with E-state index in [9.17, 15) is 14.7 Å². The summed E-state index contributed by atoms with van der Waals surface area (Å²) in [4.78, 5) is 25.4. The predicted molar refractivity (Wildman–Crippen MR) is 79.6 cm³/mol. The number of nitrogens with one attached hydrogen (secondary N) is 1. The highest BCUT2D eigenvalue weighted by Gasteiger charge is 2.37. The molecule has 0 saturated carbocycles. The van der Waals surface area contributed by atoms with E-state index in [4.69, 9.17) is 14.7 Å². The summed E-state index contributed by atoms with van der Waals surface area (Å²) in [5.74, 6) is 0. The molecule has 0 radical (unpaired) electrons. The lowest BCUT2D eigenvalue weighted by Crippen LogP contribution is -2.33. The maximum Gasteiger partial charge on any atom is 0.330 e. The van der Waals surface area contributed by atoms with Crippen LogP contribution in [0.3, 0.4) is 0 Å². The third kappa shape index (κ3) is 3.70. The molecule has 0 aliphatic carbocycles. The van der Waals surface area contributed by atoms with Crippen molar-refractivity contribution in [3.8, 4) is 6.07 Å². The highest BCUT2D eigenvalue weighted by molar-refractivity contribution is 14.1. The lowest BCUT2D eigenvalue weighted by molar-refractivity contribution is -0.0614. The van der Waals surface area contributed by atoms with Gasteiger partial charge < -0.3 is 14.6 Å². The van der Waals surface area contributed by atoms with Crippen LogP contribution >= 0.6 is 22.6 Å². The minimum atomic E-state index is -0.618. The minimum Gasteiger partial charge on any atom is -0.394 e. The Morgan fingerprint density at radius 3 is 3.05 bits per heavy atom. The van der Waals surface area contributed by atoms with Crippen molar-refractivity contribution < 1.29 is 14.6 Å². The zero-order valence-corrected chi connectivity index (χ0v) is 13.1. The largest absolute Gasteiger partial charge is 0.394 e. The molecule has 1 aromatic heterocycles. The number of hydrogen-bond donors (Lipinski definition) is 2. The van der Waals surface area contributed by atoms with Gasteiger partial charge in [-0.05, 0) is 22.6 Å². The minimum absolute atomic E-state index is 0.242. The van der Waals surface area contributed by atoms with Crippen molar-refractivity contribution in [2.24, 2.45) is 0 Å². The number of aromatic nitrogens is 2. The first-order valence-corrected chi connectivity index (χ1v) is 7.40. The Kier molecular flexibility index (Phi) is 5.51. The van der Waals surface area contributed by atoms with Gasteiger partial charge >= 0.3 is 5.69 Å². The number of aliphatic hydroxyl groups is 1. The zero-order valence-electron chi connectivity index (χ0n) is 11.0. The van der Waals surface area contributed by atoms with E-state index in [-0.39, 0.29) is 19.6 Å². The number of halogens is 1. The number of H-pyrrole nitrogens is 1. The fourth-order valence-corrected chi connectivity index (χ4v) is 2.58.